The second kappa shape index (κ2) is 6.68. The molecule has 5 nitrogen and oxygen atoms in total. The normalized spacial score (nSPS) is 11.6. The molecule has 0 aliphatic heterocycles. The van der Waals surface area contributed by atoms with E-state index >= 15 is 0 Å². The lowest BCUT2D eigenvalue weighted by Crippen LogP contribution is -2.17. The SMILES string of the molecule is CC(C)S(=O)(=O)Cc1cccc(NC(=O)CCN)c1. The number of hydrogen-bond donors (Lipinski definition) is 2. The van der Waals surface area contributed by atoms with Crippen molar-refractivity contribution >= 4 is 21.4 Å². The Morgan fingerprint density at radius 3 is 2.63 bits per heavy atom. The van der Waals surface area contributed by atoms with Crippen molar-refractivity contribution < 1.29 is 13.2 Å². The summed E-state index contributed by atoms with van der Waals surface area (Å²) < 4.78 is 23.7. The highest BCUT2D eigenvalue weighted by molar-refractivity contribution is 7.91. The average molecular weight is 284 g/mol. The Kier molecular flexibility index (Phi) is 5.50. The molecule has 0 spiro atoms. The lowest BCUT2D eigenvalue weighted by Gasteiger charge is -2.09. The van der Waals surface area contributed by atoms with Crippen LogP contribution in [0.25, 0.3) is 0 Å². The molecular weight excluding hydrogens is 264 g/mol. The summed E-state index contributed by atoms with van der Waals surface area (Å²) in [5, 5.41) is 2.27. The molecule has 0 bridgehead atoms. The van der Waals surface area contributed by atoms with Gasteiger partial charge in [0.1, 0.15) is 0 Å². The predicted octanol–water partition coefficient (Wildman–Crippen LogP) is 1.30. The highest BCUT2D eigenvalue weighted by Crippen LogP contribution is 2.15. The van der Waals surface area contributed by atoms with E-state index in [4.69, 9.17) is 5.73 Å². The molecule has 3 N–H and O–H groups in total. The first-order valence-corrected chi connectivity index (χ1v) is 7.87. The Morgan fingerprint density at radius 1 is 1.37 bits per heavy atom. The number of sulfone groups is 1. The van der Waals surface area contributed by atoms with Gasteiger partial charge in [-0.05, 0) is 31.5 Å². The molecule has 0 unspecified atom stereocenters. The molecule has 0 aliphatic rings. The van der Waals surface area contributed by atoms with Crippen LogP contribution in [0.5, 0.6) is 0 Å². The minimum Gasteiger partial charge on any atom is -0.330 e. The van der Waals surface area contributed by atoms with Gasteiger partial charge in [0.15, 0.2) is 9.84 Å². The van der Waals surface area contributed by atoms with Gasteiger partial charge in [-0.15, -0.1) is 0 Å². The van der Waals surface area contributed by atoms with Gasteiger partial charge in [-0.2, -0.15) is 0 Å². The van der Waals surface area contributed by atoms with E-state index in [9.17, 15) is 13.2 Å². The summed E-state index contributed by atoms with van der Waals surface area (Å²) in [5.41, 5.74) is 6.55. The molecule has 0 fully saturated rings. The lowest BCUT2D eigenvalue weighted by atomic mass is 10.2. The number of hydrogen-bond acceptors (Lipinski definition) is 4. The Hall–Kier alpha value is -1.40. The van der Waals surface area contributed by atoms with Gasteiger partial charge < -0.3 is 11.1 Å². The van der Waals surface area contributed by atoms with Crippen molar-refractivity contribution in [2.45, 2.75) is 31.3 Å². The highest BCUT2D eigenvalue weighted by atomic mass is 32.2. The zero-order chi connectivity index (χ0) is 14.5. The van der Waals surface area contributed by atoms with Crippen LogP contribution in [-0.2, 0) is 20.4 Å². The van der Waals surface area contributed by atoms with E-state index in [0.29, 0.717) is 11.3 Å². The molecule has 19 heavy (non-hydrogen) atoms. The Balaban J connectivity index is 2.81. The maximum atomic E-state index is 11.8. The topological polar surface area (TPSA) is 89.3 Å². The molecule has 6 heteroatoms. The summed E-state index contributed by atoms with van der Waals surface area (Å²) in [7, 11) is -3.14. The van der Waals surface area contributed by atoms with E-state index in [0.717, 1.165) is 0 Å². The molecule has 0 radical (unpaired) electrons. The fourth-order valence-electron chi connectivity index (χ4n) is 1.49. The Morgan fingerprint density at radius 2 is 2.05 bits per heavy atom. The minimum absolute atomic E-state index is 0.0226. The zero-order valence-electron chi connectivity index (χ0n) is 11.2. The number of carbonyl (C=O) groups is 1. The van der Waals surface area contributed by atoms with Crippen LogP contribution in [0.4, 0.5) is 5.69 Å². The van der Waals surface area contributed by atoms with Gasteiger partial charge in [-0.3, -0.25) is 4.79 Å². The van der Waals surface area contributed by atoms with Gasteiger partial charge in [0.05, 0.1) is 11.0 Å². The van der Waals surface area contributed by atoms with Crippen LogP contribution in [0, 0.1) is 0 Å². The van der Waals surface area contributed by atoms with E-state index in [1.165, 1.54) is 0 Å². The first-order valence-electron chi connectivity index (χ1n) is 6.15. The quantitative estimate of drug-likeness (QED) is 0.824. The maximum absolute atomic E-state index is 11.8. The smallest absolute Gasteiger partial charge is 0.225 e. The van der Waals surface area contributed by atoms with Crippen molar-refractivity contribution in [1.29, 1.82) is 0 Å². The summed E-state index contributed by atoms with van der Waals surface area (Å²) in [5.74, 6) is -0.197. The van der Waals surface area contributed by atoms with E-state index in [-0.39, 0.29) is 24.6 Å². The van der Waals surface area contributed by atoms with Gasteiger partial charge >= 0.3 is 0 Å². The van der Waals surface area contributed by atoms with Crippen molar-refractivity contribution in [1.82, 2.24) is 0 Å². The van der Waals surface area contributed by atoms with Crippen LogP contribution in [0.1, 0.15) is 25.8 Å². The van der Waals surface area contributed by atoms with Crippen LogP contribution in [0.15, 0.2) is 24.3 Å². The van der Waals surface area contributed by atoms with Crippen LogP contribution in [0.3, 0.4) is 0 Å². The largest absolute Gasteiger partial charge is 0.330 e. The number of benzene rings is 1. The van der Waals surface area contributed by atoms with Crippen LogP contribution in [-0.4, -0.2) is 26.1 Å². The third kappa shape index (κ3) is 5.00. The second-order valence-corrected chi connectivity index (χ2v) is 7.20. The van der Waals surface area contributed by atoms with Gasteiger partial charge in [0.2, 0.25) is 5.91 Å². The van der Waals surface area contributed by atoms with E-state index in [1.807, 2.05) is 0 Å². The summed E-state index contributed by atoms with van der Waals surface area (Å²) >= 11 is 0. The van der Waals surface area contributed by atoms with Crippen molar-refractivity contribution in [2.24, 2.45) is 5.73 Å². The van der Waals surface area contributed by atoms with Crippen molar-refractivity contribution in [3.8, 4) is 0 Å². The monoisotopic (exact) mass is 284 g/mol. The van der Waals surface area contributed by atoms with Crippen molar-refractivity contribution in [3.05, 3.63) is 29.8 Å². The Labute approximate surface area is 114 Å². The standard InChI is InChI=1S/C13H20N2O3S/c1-10(2)19(17,18)9-11-4-3-5-12(8-11)15-13(16)6-7-14/h3-5,8,10H,6-7,9,14H2,1-2H3,(H,15,16). The average Bonchev–Trinajstić information content (AvgIpc) is 2.28. The number of carbonyl (C=O) groups excluding carboxylic acids is 1. The molecule has 0 aliphatic carbocycles. The summed E-state index contributed by atoms with van der Waals surface area (Å²) in [6.45, 7) is 3.59. The molecule has 1 aromatic rings. The minimum atomic E-state index is -3.14. The third-order valence-corrected chi connectivity index (χ3v) is 4.84. The van der Waals surface area contributed by atoms with Gasteiger partial charge in [-0.25, -0.2) is 8.42 Å². The van der Waals surface area contributed by atoms with Crippen LogP contribution < -0.4 is 11.1 Å². The highest BCUT2D eigenvalue weighted by Gasteiger charge is 2.16. The predicted molar refractivity (Wildman–Crippen MR) is 76.5 cm³/mol. The van der Waals surface area contributed by atoms with Crippen LogP contribution in [0.2, 0.25) is 0 Å². The van der Waals surface area contributed by atoms with Gasteiger partial charge in [0, 0.05) is 18.7 Å². The zero-order valence-corrected chi connectivity index (χ0v) is 12.0. The molecule has 1 rings (SSSR count). The summed E-state index contributed by atoms with van der Waals surface area (Å²) in [6.07, 6.45) is 0.245. The van der Waals surface area contributed by atoms with Crippen molar-refractivity contribution in [2.75, 3.05) is 11.9 Å². The second-order valence-electron chi connectivity index (χ2n) is 4.64. The number of anilines is 1. The number of nitrogens with two attached hydrogens (primary N) is 1. The molecule has 0 saturated carbocycles. The third-order valence-electron chi connectivity index (χ3n) is 2.67. The van der Waals surface area contributed by atoms with E-state index < -0.39 is 15.1 Å². The molecule has 0 aromatic heterocycles. The number of amides is 1. The first kappa shape index (κ1) is 15.7. The molecule has 1 amide bonds. The molecule has 0 saturated heterocycles. The molecule has 0 atom stereocenters. The molecule has 106 valence electrons. The maximum Gasteiger partial charge on any atom is 0.225 e. The van der Waals surface area contributed by atoms with E-state index in [1.54, 1.807) is 38.1 Å². The number of nitrogens with one attached hydrogen (secondary N) is 1. The molecule has 1 aromatic carbocycles. The van der Waals surface area contributed by atoms with Crippen LogP contribution >= 0.6 is 0 Å². The van der Waals surface area contributed by atoms with Gasteiger partial charge in [0.25, 0.3) is 0 Å². The van der Waals surface area contributed by atoms with E-state index in [2.05, 4.69) is 5.32 Å². The van der Waals surface area contributed by atoms with Crippen molar-refractivity contribution in [3.63, 3.8) is 0 Å². The fourth-order valence-corrected chi connectivity index (χ4v) is 2.47. The van der Waals surface area contributed by atoms with Gasteiger partial charge in [-0.1, -0.05) is 12.1 Å². The fraction of sp³-hybridized carbons (Fsp3) is 0.462. The summed E-state index contributed by atoms with van der Waals surface area (Å²) in [4.78, 5) is 11.4. The number of rotatable bonds is 6. The Bertz CT molecular complexity index is 539. The summed E-state index contributed by atoms with van der Waals surface area (Å²) in [6, 6.07) is 6.86. The first-order chi connectivity index (χ1) is 8.85. The molecule has 0 heterocycles. The molecular formula is C13H20N2O3S. The lowest BCUT2D eigenvalue weighted by molar-refractivity contribution is -0.116.